The number of carbonyl (C=O) groups excluding carboxylic acids is 1. The van der Waals surface area contributed by atoms with Crippen molar-refractivity contribution in [3.8, 4) is 0 Å². The van der Waals surface area contributed by atoms with Gasteiger partial charge in [-0.3, -0.25) is 4.79 Å². The molecule has 1 aliphatic heterocycles. The van der Waals surface area contributed by atoms with Gasteiger partial charge in [-0.05, 0) is 36.0 Å². The SMILES string of the molecule is Cc1nc(CC(C)C)c(C(=O)NCc2ccc3c(c2)CNC3)s1. The summed E-state index contributed by atoms with van der Waals surface area (Å²) in [6, 6.07) is 6.43. The molecule has 0 unspecified atom stereocenters. The summed E-state index contributed by atoms with van der Waals surface area (Å²) in [5.41, 5.74) is 4.77. The molecular formula is C18H23N3OS. The fraction of sp³-hybridized carbons (Fsp3) is 0.444. The van der Waals surface area contributed by atoms with Crippen LogP contribution in [0.25, 0.3) is 0 Å². The summed E-state index contributed by atoms with van der Waals surface area (Å²) < 4.78 is 0. The Hall–Kier alpha value is -1.72. The fourth-order valence-electron chi connectivity index (χ4n) is 2.89. The molecule has 0 radical (unpaired) electrons. The first kappa shape index (κ1) is 16.1. The van der Waals surface area contributed by atoms with Crippen LogP contribution in [0.4, 0.5) is 0 Å². The average Bonchev–Trinajstić information content (AvgIpc) is 3.10. The van der Waals surface area contributed by atoms with Crippen LogP contribution in [-0.4, -0.2) is 10.9 Å². The lowest BCUT2D eigenvalue weighted by molar-refractivity contribution is 0.0953. The van der Waals surface area contributed by atoms with Crippen LogP contribution >= 0.6 is 11.3 Å². The smallest absolute Gasteiger partial charge is 0.263 e. The van der Waals surface area contributed by atoms with E-state index in [-0.39, 0.29) is 5.91 Å². The fourth-order valence-corrected chi connectivity index (χ4v) is 3.76. The van der Waals surface area contributed by atoms with Crippen molar-refractivity contribution in [1.82, 2.24) is 15.6 Å². The summed E-state index contributed by atoms with van der Waals surface area (Å²) in [5, 5.41) is 7.34. The van der Waals surface area contributed by atoms with E-state index in [1.165, 1.54) is 22.5 Å². The van der Waals surface area contributed by atoms with Gasteiger partial charge in [-0.2, -0.15) is 0 Å². The van der Waals surface area contributed by atoms with Crippen LogP contribution in [0.1, 0.15) is 50.9 Å². The van der Waals surface area contributed by atoms with Crippen LogP contribution in [0, 0.1) is 12.8 Å². The Balaban J connectivity index is 1.68. The van der Waals surface area contributed by atoms with Crippen LogP contribution in [0.3, 0.4) is 0 Å². The molecule has 0 bridgehead atoms. The molecule has 23 heavy (non-hydrogen) atoms. The highest BCUT2D eigenvalue weighted by atomic mass is 32.1. The van der Waals surface area contributed by atoms with Gasteiger partial charge < -0.3 is 10.6 Å². The van der Waals surface area contributed by atoms with Gasteiger partial charge in [0, 0.05) is 19.6 Å². The average molecular weight is 329 g/mol. The van der Waals surface area contributed by atoms with Gasteiger partial charge >= 0.3 is 0 Å². The number of fused-ring (bicyclic) bond motifs is 1. The summed E-state index contributed by atoms with van der Waals surface area (Å²) in [6.07, 6.45) is 0.845. The summed E-state index contributed by atoms with van der Waals surface area (Å²) in [5.74, 6) is 0.483. The molecular weight excluding hydrogens is 306 g/mol. The van der Waals surface area contributed by atoms with Gasteiger partial charge in [-0.15, -0.1) is 11.3 Å². The van der Waals surface area contributed by atoms with E-state index in [9.17, 15) is 4.79 Å². The van der Waals surface area contributed by atoms with Crippen molar-refractivity contribution in [2.45, 2.75) is 46.8 Å². The second-order valence-electron chi connectivity index (χ2n) is 6.50. The van der Waals surface area contributed by atoms with E-state index >= 15 is 0 Å². The lowest BCUT2D eigenvalue weighted by Crippen LogP contribution is -2.23. The van der Waals surface area contributed by atoms with Crippen LogP contribution < -0.4 is 10.6 Å². The molecule has 0 fully saturated rings. The Labute approximate surface area is 141 Å². The third kappa shape index (κ3) is 3.79. The summed E-state index contributed by atoms with van der Waals surface area (Å²) in [4.78, 5) is 17.8. The molecule has 0 saturated carbocycles. The van der Waals surface area contributed by atoms with Crippen molar-refractivity contribution in [2.75, 3.05) is 0 Å². The first-order valence-electron chi connectivity index (χ1n) is 8.09. The molecule has 0 atom stereocenters. The summed E-state index contributed by atoms with van der Waals surface area (Å²) in [6.45, 7) is 8.68. The number of hydrogen-bond donors (Lipinski definition) is 2. The lowest BCUT2D eigenvalue weighted by Gasteiger charge is -2.08. The third-order valence-corrected chi connectivity index (χ3v) is 4.98. The van der Waals surface area contributed by atoms with Gasteiger partial charge in [0.25, 0.3) is 5.91 Å². The van der Waals surface area contributed by atoms with E-state index in [1.807, 2.05) is 6.92 Å². The molecule has 122 valence electrons. The number of nitrogens with zero attached hydrogens (tertiary/aromatic N) is 1. The molecule has 0 aliphatic carbocycles. The Morgan fingerprint density at radius 2 is 2.13 bits per heavy atom. The zero-order chi connectivity index (χ0) is 16.4. The number of thiazole rings is 1. The van der Waals surface area contributed by atoms with Gasteiger partial charge in [0.2, 0.25) is 0 Å². The maximum Gasteiger partial charge on any atom is 0.263 e. The minimum atomic E-state index is -0.00938. The van der Waals surface area contributed by atoms with Crippen molar-refractivity contribution in [3.05, 3.63) is 50.5 Å². The van der Waals surface area contributed by atoms with Crippen molar-refractivity contribution in [1.29, 1.82) is 0 Å². The Morgan fingerprint density at radius 1 is 1.35 bits per heavy atom. The molecule has 2 heterocycles. The van der Waals surface area contributed by atoms with Crippen LogP contribution in [0.2, 0.25) is 0 Å². The van der Waals surface area contributed by atoms with Gasteiger partial charge in [-0.25, -0.2) is 4.98 Å². The Morgan fingerprint density at radius 3 is 2.91 bits per heavy atom. The molecule has 1 aromatic carbocycles. The summed E-state index contributed by atoms with van der Waals surface area (Å²) >= 11 is 1.49. The first-order valence-corrected chi connectivity index (χ1v) is 8.90. The molecule has 1 aromatic heterocycles. The van der Waals surface area contributed by atoms with E-state index in [4.69, 9.17) is 0 Å². The van der Waals surface area contributed by atoms with Gasteiger partial charge in [-0.1, -0.05) is 32.0 Å². The second kappa shape index (κ2) is 6.81. The number of benzene rings is 1. The van der Waals surface area contributed by atoms with Crippen LogP contribution in [0.15, 0.2) is 18.2 Å². The highest BCUT2D eigenvalue weighted by Gasteiger charge is 2.17. The largest absolute Gasteiger partial charge is 0.347 e. The van der Waals surface area contributed by atoms with Crippen molar-refractivity contribution >= 4 is 17.2 Å². The number of nitrogens with one attached hydrogen (secondary N) is 2. The van der Waals surface area contributed by atoms with Gasteiger partial charge in [0.1, 0.15) is 4.88 Å². The normalized spacial score (nSPS) is 13.4. The van der Waals surface area contributed by atoms with Gasteiger partial charge in [0.05, 0.1) is 10.7 Å². The van der Waals surface area contributed by atoms with Crippen molar-refractivity contribution in [2.24, 2.45) is 5.92 Å². The Kier molecular flexibility index (Phi) is 4.78. The number of aryl methyl sites for hydroxylation is 1. The maximum absolute atomic E-state index is 12.5. The molecule has 1 aliphatic rings. The zero-order valence-corrected chi connectivity index (χ0v) is 14.7. The third-order valence-electron chi connectivity index (χ3n) is 3.97. The number of carbonyl (C=O) groups is 1. The quantitative estimate of drug-likeness (QED) is 0.886. The van der Waals surface area contributed by atoms with Crippen molar-refractivity contribution < 1.29 is 4.79 Å². The maximum atomic E-state index is 12.5. The monoisotopic (exact) mass is 329 g/mol. The predicted octanol–water partition coefficient (Wildman–Crippen LogP) is 3.18. The molecule has 2 N–H and O–H groups in total. The number of amides is 1. The molecule has 0 spiro atoms. The van der Waals surface area contributed by atoms with E-state index in [1.54, 1.807) is 0 Å². The lowest BCUT2D eigenvalue weighted by atomic mass is 10.1. The van der Waals surface area contributed by atoms with E-state index in [0.717, 1.165) is 40.7 Å². The number of hydrogen-bond acceptors (Lipinski definition) is 4. The van der Waals surface area contributed by atoms with Crippen LogP contribution in [-0.2, 0) is 26.1 Å². The number of rotatable bonds is 5. The zero-order valence-electron chi connectivity index (χ0n) is 13.9. The topological polar surface area (TPSA) is 54.0 Å². The predicted molar refractivity (Wildman–Crippen MR) is 93.5 cm³/mol. The van der Waals surface area contributed by atoms with E-state index in [0.29, 0.717) is 12.5 Å². The highest BCUT2D eigenvalue weighted by molar-refractivity contribution is 7.13. The Bertz CT molecular complexity index is 721. The molecule has 4 nitrogen and oxygen atoms in total. The highest BCUT2D eigenvalue weighted by Crippen LogP contribution is 2.21. The van der Waals surface area contributed by atoms with Crippen LogP contribution in [0.5, 0.6) is 0 Å². The second-order valence-corrected chi connectivity index (χ2v) is 7.70. The minimum absolute atomic E-state index is 0.00938. The standard InChI is InChI=1S/C18H23N3OS/c1-11(2)6-16-17(23-12(3)21-16)18(22)20-8-13-4-5-14-9-19-10-15(14)7-13/h4-5,7,11,19H,6,8-10H2,1-3H3,(H,20,22). The van der Waals surface area contributed by atoms with E-state index in [2.05, 4.69) is 47.7 Å². The van der Waals surface area contributed by atoms with Gasteiger partial charge in [0.15, 0.2) is 0 Å². The molecule has 0 saturated heterocycles. The summed E-state index contributed by atoms with van der Waals surface area (Å²) in [7, 11) is 0. The molecule has 3 rings (SSSR count). The van der Waals surface area contributed by atoms with E-state index < -0.39 is 0 Å². The molecule has 2 aromatic rings. The first-order chi connectivity index (χ1) is 11.0. The number of aromatic nitrogens is 1. The van der Waals surface area contributed by atoms with Crippen molar-refractivity contribution in [3.63, 3.8) is 0 Å². The minimum Gasteiger partial charge on any atom is -0.347 e. The molecule has 1 amide bonds. The molecule has 5 heteroatoms.